The highest BCUT2D eigenvalue weighted by Gasteiger charge is 2.60. The first-order valence-electron chi connectivity index (χ1n) is 13.8. The van der Waals surface area contributed by atoms with Crippen LogP contribution < -0.4 is 0 Å². The van der Waals surface area contributed by atoms with Gasteiger partial charge in [-0.25, -0.2) is 0 Å². The number of aliphatic hydroxyl groups is 2. The van der Waals surface area contributed by atoms with Gasteiger partial charge in [0, 0.05) is 0 Å². The van der Waals surface area contributed by atoms with Crippen LogP contribution in [0.2, 0.25) is 0 Å². The Morgan fingerprint density at radius 2 is 1.81 bits per heavy atom. The molecule has 31 heavy (non-hydrogen) atoms. The predicted octanol–water partition coefficient (Wildman–Crippen LogP) is 6.89. The molecule has 0 aromatic heterocycles. The molecule has 5 aliphatic rings. The van der Waals surface area contributed by atoms with E-state index in [4.69, 9.17) is 0 Å². The minimum absolute atomic E-state index is 0.0978. The van der Waals surface area contributed by atoms with E-state index in [1.54, 1.807) is 5.57 Å². The fraction of sp³-hybridized carbons (Fsp3) is 0.931. The minimum atomic E-state index is -0.453. The molecule has 2 N–H and O–H groups in total. The summed E-state index contributed by atoms with van der Waals surface area (Å²) in [5.74, 6) is 4.53. The van der Waals surface area contributed by atoms with Gasteiger partial charge in [-0.1, -0.05) is 52.2 Å². The second-order valence-corrected chi connectivity index (χ2v) is 13.2. The quantitative estimate of drug-likeness (QED) is 0.452. The monoisotopic (exact) mass is 428 g/mol. The zero-order valence-corrected chi connectivity index (χ0v) is 20.7. The molecule has 0 aliphatic heterocycles. The van der Waals surface area contributed by atoms with Gasteiger partial charge in [-0.15, -0.1) is 0 Å². The van der Waals surface area contributed by atoms with E-state index in [1.165, 1.54) is 57.8 Å². The summed E-state index contributed by atoms with van der Waals surface area (Å²) in [6.07, 6.45) is 18.2. The van der Waals surface area contributed by atoms with Crippen molar-refractivity contribution in [2.24, 2.45) is 46.3 Å². The normalized spacial score (nSPS) is 48.9. The van der Waals surface area contributed by atoms with Crippen molar-refractivity contribution >= 4 is 0 Å². The van der Waals surface area contributed by atoms with Gasteiger partial charge in [-0.3, -0.25) is 0 Å². The molecule has 0 saturated heterocycles. The summed E-state index contributed by atoms with van der Waals surface area (Å²) in [7, 11) is 0. The summed E-state index contributed by atoms with van der Waals surface area (Å²) in [6, 6.07) is 0. The van der Waals surface area contributed by atoms with E-state index in [0.717, 1.165) is 49.4 Å². The van der Waals surface area contributed by atoms with Crippen molar-refractivity contribution in [3.05, 3.63) is 11.6 Å². The molecule has 5 aliphatic carbocycles. The lowest BCUT2D eigenvalue weighted by Gasteiger charge is -2.59. The zero-order chi connectivity index (χ0) is 22.0. The number of aliphatic hydroxyl groups excluding tert-OH is 1. The molecule has 9 atom stereocenters. The summed E-state index contributed by atoms with van der Waals surface area (Å²) in [6.45, 7) is 9.67. The van der Waals surface area contributed by atoms with Gasteiger partial charge in [0.25, 0.3) is 0 Å². The van der Waals surface area contributed by atoms with Crippen molar-refractivity contribution in [1.82, 2.24) is 0 Å². The Hall–Kier alpha value is -0.340. The highest BCUT2D eigenvalue weighted by molar-refractivity contribution is 5.27. The first-order chi connectivity index (χ1) is 14.7. The summed E-state index contributed by atoms with van der Waals surface area (Å²) in [5.41, 5.74) is 1.87. The second-order valence-electron chi connectivity index (χ2n) is 13.2. The van der Waals surface area contributed by atoms with Crippen LogP contribution in [0.3, 0.4) is 0 Å². The van der Waals surface area contributed by atoms with E-state index in [9.17, 15) is 10.2 Å². The van der Waals surface area contributed by atoms with E-state index in [-0.39, 0.29) is 6.10 Å². The van der Waals surface area contributed by atoms with Crippen LogP contribution in [0.15, 0.2) is 11.6 Å². The van der Waals surface area contributed by atoms with Gasteiger partial charge in [0.15, 0.2) is 0 Å². The molecule has 2 nitrogen and oxygen atoms in total. The fourth-order valence-corrected chi connectivity index (χ4v) is 9.26. The van der Waals surface area contributed by atoms with E-state index in [0.29, 0.717) is 22.7 Å². The van der Waals surface area contributed by atoms with Gasteiger partial charge in [-0.2, -0.15) is 0 Å². The molecule has 0 aromatic rings. The molecule has 0 spiro atoms. The third-order valence-corrected chi connectivity index (χ3v) is 11.8. The summed E-state index contributed by atoms with van der Waals surface area (Å²) in [5, 5.41) is 22.0. The molecule has 0 aromatic carbocycles. The molecule has 176 valence electrons. The van der Waals surface area contributed by atoms with Gasteiger partial charge in [0.2, 0.25) is 0 Å². The van der Waals surface area contributed by atoms with Crippen LogP contribution in [0, 0.1) is 46.3 Å². The van der Waals surface area contributed by atoms with Crippen molar-refractivity contribution in [3.8, 4) is 0 Å². The Bertz CT molecular complexity index is 710. The Morgan fingerprint density at radius 1 is 1.03 bits per heavy atom. The van der Waals surface area contributed by atoms with Crippen LogP contribution in [0.5, 0.6) is 0 Å². The number of hydrogen-bond donors (Lipinski definition) is 2. The number of fused-ring (bicyclic) bond motifs is 5. The molecule has 2 heteroatoms. The van der Waals surface area contributed by atoms with Gasteiger partial charge >= 0.3 is 0 Å². The molecule has 0 heterocycles. The van der Waals surface area contributed by atoms with Crippen LogP contribution in [-0.2, 0) is 0 Å². The largest absolute Gasteiger partial charge is 0.393 e. The third-order valence-electron chi connectivity index (χ3n) is 11.8. The number of rotatable bonds is 6. The summed E-state index contributed by atoms with van der Waals surface area (Å²) in [4.78, 5) is 0. The Labute approximate surface area is 191 Å². The lowest BCUT2D eigenvalue weighted by atomic mass is 9.46. The summed E-state index contributed by atoms with van der Waals surface area (Å²) >= 11 is 0. The van der Waals surface area contributed by atoms with Crippen LogP contribution in [0.4, 0.5) is 0 Å². The molecule has 1 unspecified atom stereocenters. The molecule has 4 fully saturated rings. The average molecular weight is 429 g/mol. The molecule has 0 radical (unpaired) electrons. The van der Waals surface area contributed by atoms with Crippen LogP contribution in [0.1, 0.15) is 111 Å². The van der Waals surface area contributed by atoms with E-state index in [2.05, 4.69) is 33.8 Å². The second kappa shape index (κ2) is 7.86. The van der Waals surface area contributed by atoms with Crippen LogP contribution in [-0.4, -0.2) is 21.9 Å². The van der Waals surface area contributed by atoms with Crippen molar-refractivity contribution < 1.29 is 10.2 Å². The average Bonchev–Trinajstić information content (AvgIpc) is 3.52. The maximum atomic E-state index is 11.0. The molecule has 5 rings (SSSR count). The number of allylic oxidation sites excluding steroid dienone is 1. The Balaban J connectivity index is 1.32. The maximum Gasteiger partial charge on any atom is 0.0682 e. The van der Waals surface area contributed by atoms with Gasteiger partial charge in [0.05, 0.1) is 11.7 Å². The van der Waals surface area contributed by atoms with Gasteiger partial charge in [0.1, 0.15) is 0 Å². The van der Waals surface area contributed by atoms with Gasteiger partial charge in [-0.05, 0) is 117 Å². The highest BCUT2D eigenvalue weighted by atomic mass is 16.3. The number of hydrogen-bond acceptors (Lipinski definition) is 2. The maximum absolute atomic E-state index is 11.0. The molecule has 4 saturated carbocycles. The Morgan fingerprint density at radius 3 is 2.52 bits per heavy atom. The van der Waals surface area contributed by atoms with Crippen LogP contribution in [0.25, 0.3) is 0 Å². The first-order valence-corrected chi connectivity index (χ1v) is 13.8. The van der Waals surface area contributed by atoms with Crippen LogP contribution >= 0.6 is 0 Å². The van der Waals surface area contributed by atoms with E-state index >= 15 is 0 Å². The predicted molar refractivity (Wildman–Crippen MR) is 128 cm³/mol. The zero-order valence-electron chi connectivity index (χ0n) is 20.7. The standard InChI is InChI=1S/C29H48O2/c1-5-29(31)17-16-27(3)21(18-29)9-10-22-24-12-11-23(28(24,4)15-14-25(22)27)19(2)26(30)13-8-20-6-7-20/h9,19-20,22-26,30-31H,5-8,10-18H2,1-4H3/t19-,22?,23+,24-,25-,26-,27-,28+,29-/m0/s1. The third kappa shape index (κ3) is 3.67. The van der Waals surface area contributed by atoms with E-state index < -0.39 is 5.60 Å². The van der Waals surface area contributed by atoms with Gasteiger partial charge < -0.3 is 10.2 Å². The Kier molecular flexibility index (Phi) is 5.70. The highest BCUT2D eigenvalue weighted by Crippen LogP contribution is 2.67. The minimum Gasteiger partial charge on any atom is -0.393 e. The lowest BCUT2D eigenvalue weighted by molar-refractivity contribution is -0.0817. The molecular weight excluding hydrogens is 380 g/mol. The van der Waals surface area contributed by atoms with Crippen molar-refractivity contribution in [2.75, 3.05) is 0 Å². The lowest BCUT2D eigenvalue weighted by Crippen LogP contribution is -2.52. The fourth-order valence-electron chi connectivity index (χ4n) is 9.26. The SMILES string of the molecule is CC[C@]1(O)CC[C@@]2(C)C(=CCC3[C@@H]4CC[C@H]([C@H](C)[C@@H](O)CCC5CC5)[C@@]4(C)CC[C@@H]32)C1. The van der Waals surface area contributed by atoms with Crippen molar-refractivity contribution in [1.29, 1.82) is 0 Å². The topological polar surface area (TPSA) is 40.5 Å². The van der Waals surface area contributed by atoms with E-state index in [1.807, 2.05) is 0 Å². The smallest absolute Gasteiger partial charge is 0.0682 e. The van der Waals surface area contributed by atoms with Crippen molar-refractivity contribution in [2.45, 2.75) is 123 Å². The van der Waals surface area contributed by atoms with Crippen molar-refractivity contribution in [3.63, 3.8) is 0 Å². The first kappa shape index (κ1) is 22.5. The molecular formula is C29H48O2. The molecule has 0 amide bonds. The summed E-state index contributed by atoms with van der Waals surface area (Å²) < 4.78 is 0. The molecule has 0 bridgehead atoms.